The molecular weight excluding hydrogens is 446 g/mol. The number of likely N-dealkylation sites (tertiary alicyclic amines) is 1. The molecule has 8 heteroatoms. The van der Waals surface area contributed by atoms with Gasteiger partial charge in [-0.2, -0.15) is 0 Å². The summed E-state index contributed by atoms with van der Waals surface area (Å²) in [5, 5.41) is 26.3. The molecule has 2 bridgehead atoms. The number of piperidine rings is 1. The summed E-state index contributed by atoms with van der Waals surface area (Å²) in [7, 11) is 0. The molecule has 1 saturated carbocycles. The Morgan fingerprint density at radius 3 is 2.83 bits per heavy atom. The summed E-state index contributed by atoms with van der Waals surface area (Å²) in [6.45, 7) is 6.50. The Labute approximate surface area is 205 Å². The van der Waals surface area contributed by atoms with Crippen LogP contribution in [0.2, 0.25) is 0 Å². The summed E-state index contributed by atoms with van der Waals surface area (Å²) < 4.78 is 11.9. The van der Waals surface area contributed by atoms with Crippen molar-refractivity contribution >= 4 is 5.91 Å². The molecule has 35 heavy (non-hydrogen) atoms. The number of rotatable bonds is 6. The third kappa shape index (κ3) is 3.16. The minimum absolute atomic E-state index is 0.00637. The van der Waals surface area contributed by atoms with Gasteiger partial charge < -0.3 is 25.0 Å². The van der Waals surface area contributed by atoms with E-state index in [2.05, 4.69) is 15.1 Å². The summed E-state index contributed by atoms with van der Waals surface area (Å²) in [5.74, 6) is 1.18. The molecule has 1 aromatic rings. The second kappa shape index (κ2) is 7.93. The number of aliphatic hydroxyl groups is 1. The maximum Gasteiger partial charge on any atom is 0.250 e. The molecule has 2 saturated heterocycles. The quantitative estimate of drug-likeness (QED) is 0.557. The molecule has 0 unspecified atom stereocenters. The zero-order valence-electron chi connectivity index (χ0n) is 20.2. The number of phenolic OH excluding ortho intramolecular Hbond substituents is 1. The highest BCUT2D eigenvalue weighted by atomic mass is 16.5. The first-order chi connectivity index (χ1) is 17.0. The first-order valence-corrected chi connectivity index (χ1v) is 13.3. The number of ether oxygens (including phenoxy) is 2. The van der Waals surface area contributed by atoms with E-state index in [-0.39, 0.29) is 17.7 Å². The van der Waals surface area contributed by atoms with Crippen LogP contribution in [0.3, 0.4) is 0 Å². The molecule has 7 rings (SSSR count). The standard InChI is InChI=1S/C27H35N3O5/c31-20-4-3-18-15-21-27(33)6-5-19(25(32)28-8-10-29-11-13-34-14-12-29)24-26(27,22(18)23(20)35-24)7-9-30(21)16-17-1-2-17/h3-5,17,21,24,31,33H,1-2,6-16H2,(H,28,32)/t21-,24+,26+,27-/m1/s1. The number of carbonyl (C=O) groups excluding carboxylic acids is 1. The Morgan fingerprint density at radius 2 is 2.03 bits per heavy atom. The molecule has 1 amide bonds. The van der Waals surface area contributed by atoms with Crippen molar-refractivity contribution in [3.8, 4) is 11.5 Å². The lowest BCUT2D eigenvalue weighted by Crippen LogP contribution is -2.75. The third-order valence-corrected chi connectivity index (χ3v) is 9.51. The van der Waals surface area contributed by atoms with Gasteiger partial charge >= 0.3 is 0 Å². The lowest BCUT2D eigenvalue weighted by Gasteiger charge is -2.62. The molecule has 1 spiro atoms. The van der Waals surface area contributed by atoms with Gasteiger partial charge in [0.25, 0.3) is 5.91 Å². The zero-order valence-corrected chi connectivity index (χ0v) is 20.2. The third-order valence-electron chi connectivity index (χ3n) is 9.51. The number of morpholine rings is 1. The van der Waals surface area contributed by atoms with E-state index in [9.17, 15) is 15.0 Å². The van der Waals surface area contributed by atoms with Crippen molar-refractivity contribution in [3.05, 3.63) is 34.9 Å². The van der Waals surface area contributed by atoms with Gasteiger partial charge in [-0.3, -0.25) is 14.6 Å². The Kier molecular flexibility index (Phi) is 5.01. The van der Waals surface area contributed by atoms with Crippen LogP contribution >= 0.6 is 0 Å². The maximum absolute atomic E-state index is 13.5. The van der Waals surface area contributed by atoms with E-state index >= 15 is 0 Å². The fraction of sp³-hybridized carbons (Fsp3) is 0.667. The first kappa shape index (κ1) is 22.1. The minimum Gasteiger partial charge on any atom is -0.504 e. The largest absolute Gasteiger partial charge is 0.504 e. The van der Waals surface area contributed by atoms with Crippen LogP contribution in [-0.2, 0) is 21.4 Å². The Bertz CT molecular complexity index is 1080. The lowest BCUT2D eigenvalue weighted by molar-refractivity contribution is -0.165. The zero-order chi connectivity index (χ0) is 23.8. The van der Waals surface area contributed by atoms with Crippen LogP contribution in [0.5, 0.6) is 11.5 Å². The van der Waals surface area contributed by atoms with Crippen LogP contribution < -0.4 is 10.1 Å². The molecule has 3 aliphatic carbocycles. The average Bonchev–Trinajstić information content (AvgIpc) is 3.60. The summed E-state index contributed by atoms with van der Waals surface area (Å²) in [5.41, 5.74) is 0.956. The predicted octanol–water partition coefficient (Wildman–Crippen LogP) is 0.941. The van der Waals surface area contributed by atoms with Crippen molar-refractivity contribution in [1.29, 1.82) is 0 Å². The fourth-order valence-corrected chi connectivity index (χ4v) is 7.57. The van der Waals surface area contributed by atoms with E-state index in [4.69, 9.17) is 9.47 Å². The number of benzene rings is 1. The number of hydrogen-bond donors (Lipinski definition) is 3. The van der Waals surface area contributed by atoms with E-state index in [1.807, 2.05) is 12.1 Å². The molecular formula is C27H35N3O5. The number of aromatic hydroxyl groups is 1. The number of carbonyl (C=O) groups is 1. The molecule has 3 N–H and O–H groups in total. The number of phenols is 1. The van der Waals surface area contributed by atoms with E-state index in [0.717, 1.165) is 75.8 Å². The highest BCUT2D eigenvalue weighted by Gasteiger charge is 2.72. The highest BCUT2D eigenvalue weighted by molar-refractivity contribution is 5.96. The summed E-state index contributed by atoms with van der Waals surface area (Å²) >= 11 is 0. The minimum atomic E-state index is -1.02. The smallest absolute Gasteiger partial charge is 0.250 e. The topological polar surface area (TPSA) is 94.5 Å². The monoisotopic (exact) mass is 481 g/mol. The van der Waals surface area contributed by atoms with Crippen molar-refractivity contribution in [1.82, 2.24) is 15.1 Å². The molecule has 188 valence electrons. The van der Waals surface area contributed by atoms with Gasteiger partial charge in [0, 0.05) is 44.3 Å². The number of amides is 1. The first-order valence-electron chi connectivity index (χ1n) is 13.3. The Hall–Kier alpha value is -2.13. The van der Waals surface area contributed by atoms with Gasteiger partial charge in [0.05, 0.1) is 29.8 Å². The van der Waals surface area contributed by atoms with Crippen LogP contribution in [0.25, 0.3) is 0 Å². The van der Waals surface area contributed by atoms with Crippen molar-refractivity contribution in [3.63, 3.8) is 0 Å². The van der Waals surface area contributed by atoms with Crippen LogP contribution in [0.4, 0.5) is 0 Å². The van der Waals surface area contributed by atoms with Gasteiger partial charge in [-0.1, -0.05) is 12.1 Å². The van der Waals surface area contributed by atoms with Gasteiger partial charge in [0.1, 0.15) is 6.10 Å². The van der Waals surface area contributed by atoms with Gasteiger partial charge in [-0.05, 0) is 56.2 Å². The predicted molar refractivity (Wildman–Crippen MR) is 129 cm³/mol. The Balaban J connectivity index is 1.21. The number of hydrogen-bond acceptors (Lipinski definition) is 7. The summed E-state index contributed by atoms with van der Waals surface area (Å²) in [6, 6.07) is 3.70. The maximum atomic E-state index is 13.5. The van der Waals surface area contributed by atoms with E-state index in [0.29, 0.717) is 24.3 Å². The molecule has 3 aliphatic heterocycles. The number of nitrogens with one attached hydrogen (secondary N) is 1. The second-order valence-corrected chi connectivity index (χ2v) is 11.3. The molecule has 3 heterocycles. The van der Waals surface area contributed by atoms with Gasteiger partial charge in [0.2, 0.25) is 0 Å². The SMILES string of the molecule is O=C(NCCN1CCOCC1)C1=CC[C@@]2(O)[C@H]3Cc4ccc(O)c5c4[C@@]2(CCN3CC2CC2)[C@H]1O5. The molecule has 6 aliphatic rings. The van der Waals surface area contributed by atoms with Crippen LogP contribution in [0.15, 0.2) is 23.8 Å². The van der Waals surface area contributed by atoms with Gasteiger partial charge in [-0.15, -0.1) is 0 Å². The lowest BCUT2D eigenvalue weighted by atomic mass is 9.49. The van der Waals surface area contributed by atoms with Crippen molar-refractivity contribution in [2.24, 2.45) is 5.92 Å². The molecule has 0 aromatic heterocycles. The molecule has 4 atom stereocenters. The van der Waals surface area contributed by atoms with Gasteiger partial charge in [-0.25, -0.2) is 0 Å². The van der Waals surface area contributed by atoms with Crippen molar-refractivity contribution < 1.29 is 24.5 Å². The summed E-state index contributed by atoms with van der Waals surface area (Å²) in [4.78, 5) is 18.2. The van der Waals surface area contributed by atoms with Gasteiger partial charge in [0.15, 0.2) is 11.5 Å². The molecule has 8 nitrogen and oxygen atoms in total. The highest BCUT2D eigenvalue weighted by Crippen LogP contribution is 2.65. The van der Waals surface area contributed by atoms with Crippen molar-refractivity contribution in [2.75, 3.05) is 52.5 Å². The van der Waals surface area contributed by atoms with Crippen molar-refractivity contribution in [2.45, 2.75) is 55.3 Å². The Morgan fingerprint density at radius 1 is 1.20 bits per heavy atom. The fourth-order valence-electron chi connectivity index (χ4n) is 7.57. The van der Waals surface area contributed by atoms with E-state index in [1.165, 1.54) is 12.8 Å². The molecule has 3 fully saturated rings. The van der Waals surface area contributed by atoms with Crippen LogP contribution in [0, 0.1) is 5.92 Å². The summed E-state index contributed by atoms with van der Waals surface area (Å²) in [6.07, 6.45) is 5.78. The van der Waals surface area contributed by atoms with E-state index in [1.54, 1.807) is 6.07 Å². The average molecular weight is 482 g/mol. The normalized spacial score (nSPS) is 35.7. The molecule has 0 radical (unpaired) electrons. The van der Waals surface area contributed by atoms with Crippen LogP contribution in [-0.4, -0.2) is 96.1 Å². The second-order valence-electron chi connectivity index (χ2n) is 11.3. The number of nitrogens with zero attached hydrogens (tertiary/aromatic N) is 2. The van der Waals surface area contributed by atoms with Crippen LogP contribution in [0.1, 0.15) is 36.8 Å². The van der Waals surface area contributed by atoms with E-state index < -0.39 is 17.1 Å². The molecule has 1 aromatic carbocycles.